The van der Waals surface area contributed by atoms with Crippen molar-refractivity contribution >= 4 is 17.5 Å². The Bertz CT molecular complexity index is 1070. The maximum atomic E-state index is 11.9. The number of nitrogens with one attached hydrogen (secondary N) is 2. The lowest BCUT2D eigenvalue weighted by atomic mass is 10.0. The summed E-state index contributed by atoms with van der Waals surface area (Å²) >= 11 is 0. The summed E-state index contributed by atoms with van der Waals surface area (Å²) in [6, 6.07) is 11.5. The molecule has 128 valence electrons. The van der Waals surface area contributed by atoms with E-state index in [0.717, 1.165) is 33.8 Å². The van der Waals surface area contributed by atoms with Gasteiger partial charge in [-0.2, -0.15) is 5.10 Å². The van der Waals surface area contributed by atoms with Crippen LogP contribution in [0, 0.1) is 0 Å². The number of hydrogen-bond donors (Lipinski definition) is 2. The van der Waals surface area contributed by atoms with Crippen molar-refractivity contribution in [3.05, 3.63) is 53.9 Å². The molecule has 0 aliphatic carbocycles. The van der Waals surface area contributed by atoms with E-state index in [-0.39, 0.29) is 11.8 Å². The van der Waals surface area contributed by atoms with Crippen molar-refractivity contribution < 1.29 is 9.59 Å². The summed E-state index contributed by atoms with van der Waals surface area (Å²) in [4.78, 5) is 27.9. The zero-order chi connectivity index (χ0) is 17.7. The van der Waals surface area contributed by atoms with Gasteiger partial charge in [0, 0.05) is 29.6 Å². The summed E-state index contributed by atoms with van der Waals surface area (Å²) in [5.74, 6) is -0.0826. The molecule has 7 nitrogen and oxygen atoms in total. The second-order valence-corrected chi connectivity index (χ2v) is 6.42. The Hall–Kier alpha value is -3.48. The zero-order valence-corrected chi connectivity index (χ0v) is 13.8. The van der Waals surface area contributed by atoms with Crippen molar-refractivity contribution in [1.82, 2.24) is 20.1 Å². The average Bonchev–Trinajstić information content (AvgIpc) is 3.24. The first-order valence-electron chi connectivity index (χ1n) is 8.43. The minimum Gasteiger partial charge on any atom is -0.349 e. The summed E-state index contributed by atoms with van der Waals surface area (Å²) in [6.07, 6.45) is 2.13. The molecule has 0 spiro atoms. The molecule has 1 aromatic carbocycles. The fourth-order valence-corrected chi connectivity index (χ4v) is 3.41. The highest BCUT2D eigenvalue weighted by atomic mass is 16.2. The summed E-state index contributed by atoms with van der Waals surface area (Å²) < 4.78 is 1.74. The minimum atomic E-state index is -0.0972. The molecule has 4 heterocycles. The van der Waals surface area contributed by atoms with Gasteiger partial charge in [0.2, 0.25) is 5.91 Å². The molecule has 0 radical (unpaired) electrons. The number of aromatic nitrogens is 3. The van der Waals surface area contributed by atoms with Crippen molar-refractivity contribution in [3.63, 3.8) is 0 Å². The molecule has 5 rings (SSSR count). The standard InChI is InChI=1S/C19H15N5O2/c25-18-9-13-7-11(1-2-14(13)22-18)15-8-12(3-4-20-15)16-10-17-19(26)21-5-6-24(17)23-16/h1-4,7-8,10H,5-6,9H2,(H,21,26)(H,22,25). The highest BCUT2D eigenvalue weighted by molar-refractivity contribution is 5.99. The fraction of sp³-hybridized carbons (Fsp3) is 0.158. The average molecular weight is 345 g/mol. The Kier molecular flexibility index (Phi) is 3.15. The number of rotatable bonds is 2. The summed E-state index contributed by atoms with van der Waals surface area (Å²) in [6.45, 7) is 1.27. The van der Waals surface area contributed by atoms with Crippen LogP contribution < -0.4 is 10.6 Å². The van der Waals surface area contributed by atoms with Gasteiger partial charge < -0.3 is 10.6 Å². The Labute approximate surface area is 149 Å². The lowest BCUT2D eigenvalue weighted by Crippen LogP contribution is -2.35. The predicted octanol–water partition coefficient (Wildman–Crippen LogP) is 1.85. The van der Waals surface area contributed by atoms with Crippen LogP contribution in [0.15, 0.2) is 42.6 Å². The molecule has 0 saturated carbocycles. The lowest BCUT2D eigenvalue weighted by molar-refractivity contribution is -0.115. The first kappa shape index (κ1) is 14.8. The van der Waals surface area contributed by atoms with E-state index in [1.807, 2.05) is 30.3 Å². The number of nitrogens with zero attached hydrogens (tertiary/aromatic N) is 3. The maximum absolute atomic E-state index is 11.9. The monoisotopic (exact) mass is 345 g/mol. The van der Waals surface area contributed by atoms with Crippen molar-refractivity contribution in [2.75, 3.05) is 11.9 Å². The number of pyridine rings is 1. The Morgan fingerprint density at radius 3 is 2.77 bits per heavy atom. The smallest absolute Gasteiger partial charge is 0.269 e. The highest BCUT2D eigenvalue weighted by Crippen LogP contribution is 2.30. The van der Waals surface area contributed by atoms with E-state index in [0.29, 0.717) is 25.2 Å². The van der Waals surface area contributed by atoms with E-state index in [4.69, 9.17) is 0 Å². The quantitative estimate of drug-likeness (QED) is 0.742. The number of amides is 2. The fourth-order valence-electron chi connectivity index (χ4n) is 3.41. The van der Waals surface area contributed by atoms with Crippen molar-refractivity contribution in [2.45, 2.75) is 13.0 Å². The van der Waals surface area contributed by atoms with E-state index in [1.54, 1.807) is 16.9 Å². The lowest BCUT2D eigenvalue weighted by Gasteiger charge is -2.13. The molecule has 2 amide bonds. The molecule has 2 N–H and O–H groups in total. The highest BCUT2D eigenvalue weighted by Gasteiger charge is 2.21. The maximum Gasteiger partial charge on any atom is 0.269 e. The van der Waals surface area contributed by atoms with E-state index in [1.165, 1.54) is 0 Å². The van der Waals surface area contributed by atoms with Gasteiger partial charge in [0.25, 0.3) is 5.91 Å². The van der Waals surface area contributed by atoms with Gasteiger partial charge in [-0.1, -0.05) is 6.07 Å². The van der Waals surface area contributed by atoms with Gasteiger partial charge in [-0.3, -0.25) is 19.3 Å². The Morgan fingerprint density at radius 2 is 1.88 bits per heavy atom. The molecular formula is C19H15N5O2. The van der Waals surface area contributed by atoms with E-state index < -0.39 is 0 Å². The number of anilines is 1. The molecule has 2 aromatic heterocycles. The van der Waals surface area contributed by atoms with Gasteiger partial charge in [-0.15, -0.1) is 0 Å². The third-order valence-electron chi connectivity index (χ3n) is 4.70. The SMILES string of the molecule is O=C1Cc2cc(-c3cc(-c4cc5n(n4)CCNC5=O)ccn3)ccc2N1. The molecule has 0 atom stereocenters. The van der Waals surface area contributed by atoms with Gasteiger partial charge in [0.05, 0.1) is 24.4 Å². The number of carbonyl (C=O) groups is 2. The number of carbonyl (C=O) groups excluding carboxylic acids is 2. The van der Waals surface area contributed by atoms with Crippen LogP contribution in [0.25, 0.3) is 22.5 Å². The van der Waals surface area contributed by atoms with Crippen LogP contribution >= 0.6 is 0 Å². The largest absolute Gasteiger partial charge is 0.349 e. The first-order valence-corrected chi connectivity index (χ1v) is 8.43. The van der Waals surface area contributed by atoms with Crippen LogP contribution in [0.3, 0.4) is 0 Å². The van der Waals surface area contributed by atoms with E-state index in [2.05, 4.69) is 20.7 Å². The van der Waals surface area contributed by atoms with E-state index >= 15 is 0 Å². The van der Waals surface area contributed by atoms with Gasteiger partial charge in [-0.05, 0) is 35.9 Å². The number of benzene rings is 1. The molecule has 0 saturated heterocycles. The van der Waals surface area contributed by atoms with Crippen molar-refractivity contribution in [1.29, 1.82) is 0 Å². The second-order valence-electron chi connectivity index (χ2n) is 6.42. The molecular weight excluding hydrogens is 330 g/mol. The molecule has 7 heteroatoms. The van der Waals surface area contributed by atoms with Crippen LogP contribution in [0.1, 0.15) is 16.1 Å². The van der Waals surface area contributed by atoms with Gasteiger partial charge in [0.15, 0.2) is 0 Å². The van der Waals surface area contributed by atoms with Gasteiger partial charge in [0.1, 0.15) is 5.69 Å². The zero-order valence-electron chi connectivity index (χ0n) is 13.8. The van der Waals surface area contributed by atoms with Crippen LogP contribution in [0.4, 0.5) is 5.69 Å². The molecule has 0 fully saturated rings. The first-order chi connectivity index (χ1) is 12.7. The molecule has 26 heavy (non-hydrogen) atoms. The normalized spacial score (nSPS) is 15.2. The summed E-state index contributed by atoms with van der Waals surface area (Å²) in [7, 11) is 0. The molecule has 3 aromatic rings. The van der Waals surface area contributed by atoms with Crippen LogP contribution in [0.2, 0.25) is 0 Å². The Morgan fingerprint density at radius 1 is 1.00 bits per heavy atom. The van der Waals surface area contributed by atoms with Crippen molar-refractivity contribution in [2.24, 2.45) is 0 Å². The van der Waals surface area contributed by atoms with Gasteiger partial charge >= 0.3 is 0 Å². The Balaban J connectivity index is 1.53. The minimum absolute atomic E-state index is 0.0146. The predicted molar refractivity (Wildman–Crippen MR) is 95.6 cm³/mol. The number of fused-ring (bicyclic) bond motifs is 2. The summed E-state index contributed by atoms with van der Waals surface area (Å²) in [5.41, 5.74) is 5.82. The molecule has 2 aliphatic rings. The topological polar surface area (TPSA) is 88.9 Å². The van der Waals surface area contributed by atoms with Crippen LogP contribution in [-0.2, 0) is 17.8 Å². The third-order valence-corrected chi connectivity index (χ3v) is 4.70. The summed E-state index contributed by atoms with van der Waals surface area (Å²) in [5, 5.41) is 10.2. The number of hydrogen-bond acceptors (Lipinski definition) is 4. The van der Waals surface area contributed by atoms with Gasteiger partial charge in [-0.25, -0.2) is 0 Å². The van der Waals surface area contributed by atoms with Crippen molar-refractivity contribution in [3.8, 4) is 22.5 Å². The molecule has 2 aliphatic heterocycles. The molecule has 0 bridgehead atoms. The third kappa shape index (κ3) is 2.36. The van der Waals surface area contributed by atoms with Crippen LogP contribution in [0.5, 0.6) is 0 Å². The van der Waals surface area contributed by atoms with Crippen LogP contribution in [-0.4, -0.2) is 33.1 Å². The van der Waals surface area contributed by atoms with E-state index in [9.17, 15) is 9.59 Å². The molecule has 0 unspecified atom stereocenters. The second kappa shape index (κ2) is 5.52.